The first-order valence-electron chi connectivity index (χ1n) is 8.20. The SMILES string of the molecule is Cc1c(-c2ccccc2)n[nH]c1C(=O)N1CCC[C@H]1c1ccco1. The van der Waals surface area contributed by atoms with E-state index in [1.165, 1.54) is 0 Å². The molecule has 1 aromatic carbocycles. The number of carbonyl (C=O) groups is 1. The van der Waals surface area contributed by atoms with Crippen molar-refractivity contribution in [1.29, 1.82) is 0 Å². The minimum atomic E-state index is -0.0129. The van der Waals surface area contributed by atoms with Gasteiger partial charge in [0, 0.05) is 17.7 Å². The fraction of sp³-hybridized carbons (Fsp3) is 0.263. The molecule has 0 saturated carbocycles. The number of nitrogens with zero attached hydrogens (tertiary/aromatic N) is 2. The molecule has 1 saturated heterocycles. The summed E-state index contributed by atoms with van der Waals surface area (Å²) in [6.45, 7) is 2.68. The van der Waals surface area contributed by atoms with Crippen LogP contribution in [-0.4, -0.2) is 27.5 Å². The van der Waals surface area contributed by atoms with Gasteiger partial charge in [0.05, 0.1) is 18.0 Å². The van der Waals surface area contributed by atoms with Gasteiger partial charge in [0.1, 0.15) is 11.5 Å². The van der Waals surface area contributed by atoms with Crippen molar-refractivity contribution in [2.24, 2.45) is 0 Å². The molecular weight excluding hydrogens is 302 g/mol. The molecule has 5 nitrogen and oxygen atoms in total. The number of aromatic nitrogens is 2. The largest absolute Gasteiger partial charge is 0.467 e. The molecule has 0 radical (unpaired) electrons. The summed E-state index contributed by atoms with van der Waals surface area (Å²) >= 11 is 0. The predicted octanol–water partition coefficient (Wildman–Crippen LogP) is 3.96. The van der Waals surface area contributed by atoms with Crippen molar-refractivity contribution in [1.82, 2.24) is 15.1 Å². The molecule has 1 aliphatic rings. The second kappa shape index (κ2) is 6.00. The lowest BCUT2D eigenvalue weighted by Crippen LogP contribution is -2.31. The van der Waals surface area contributed by atoms with E-state index in [4.69, 9.17) is 4.42 Å². The Morgan fingerprint density at radius 3 is 2.83 bits per heavy atom. The molecule has 0 aliphatic carbocycles. The van der Waals surface area contributed by atoms with Crippen molar-refractivity contribution in [2.45, 2.75) is 25.8 Å². The first kappa shape index (κ1) is 14.8. The minimum absolute atomic E-state index is 0.00961. The average molecular weight is 321 g/mol. The normalized spacial score (nSPS) is 17.4. The van der Waals surface area contributed by atoms with Crippen molar-refractivity contribution in [3.8, 4) is 11.3 Å². The summed E-state index contributed by atoms with van der Waals surface area (Å²) in [5.74, 6) is 0.836. The predicted molar refractivity (Wildman–Crippen MR) is 90.5 cm³/mol. The van der Waals surface area contributed by atoms with E-state index in [-0.39, 0.29) is 11.9 Å². The van der Waals surface area contributed by atoms with Crippen LogP contribution in [0.4, 0.5) is 0 Å². The zero-order chi connectivity index (χ0) is 16.5. The van der Waals surface area contributed by atoms with Crippen LogP contribution in [0.15, 0.2) is 53.1 Å². The number of hydrogen-bond donors (Lipinski definition) is 1. The molecule has 3 heterocycles. The lowest BCUT2D eigenvalue weighted by Gasteiger charge is -2.22. The molecule has 1 amide bonds. The van der Waals surface area contributed by atoms with Crippen LogP contribution in [0, 0.1) is 6.92 Å². The van der Waals surface area contributed by atoms with Gasteiger partial charge in [-0.25, -0.2) is 0 Å². The molecule has 1 aliphatic heterocycles. The Balaban J connectivity index is 1.64. The highest BCUT2D eigenvalue weighted by atomic mass is 16.3. The van der Waals surface area contributed by atoms with Crippen LogP contribution in [0.25, 0.3) is 11.3 Å². The summed E-state index contributed by atoms with van der Waals surface area (Å²) < 4.78 is 5.52. The average Bonchev–Trinajstić information content (AvgIpc) is 3.35. The molecule has 0 spiro atoms. The van der Waals surface area contributed by atoms with Crippen LogP contribution in [0.1, 0.15) is 40.7 Å². The van der Waals surface area contributed by atoms with Gasteiger partial charge in [-0.15, -0.1) is 0 Å². The fourth-order valence-electron chi connectivity index (χ4n) is 3.41. The molecule has 1 N–H and O–H groups in total. The Labute approximate surface area is 140 Å². The Morgan fingerprint density at radius 1 is 1.25 bits per heavy atom. The summed E-state index contributed by atoms with van der Waals surface area (Å²) in [5.41, 5.74) is 3.28. The number of rotatable bonds is 3. The number of likely N-dealkylation sites (tertiary alicyclic amines) is 1. The van der Waals surface area contributed by atoms with Gasteiger partial charge in [0.15, 0.2) is 0 Å². The molecule has 5 heteroatoms. The van der Waals surface area contributed by atoms with Gasteiger partial charge in [-0.1, -0.05) is 30.3 Å². The number of amides is 1. The number of hydrogen-bond acceptors (Lipinski definition) is 3. The second-order valence-corrected chi connectivity index (χ2v) is 6.11. The molecule has 122 valence electrons. The highest BCUT2D eigenvalue weighted by molar-refractivity contribution is 5.95. The number of H-pyrrole nitrogens is 1. The van der Waals surface area contributed by atoms with Crippen LogP contribution in [0.3, 0.4) is 0 Å². The Hall–Kier alpha value is -2.82. The third kappa shape index (κ3) is 2.42. The van der Waals surface area contributed by atoms with Gasteiger partial charge in [-0.2, -0.15) is 5.10 Å². The lowest BCUT2D eigenvalue weighted by molar-refractivity contribution is 0.0713. The zero-order valence-corrected chi connectivity index (χ0v) is 13.5. The summed E-state index contributed by atoms with van der Waals surface area (Å²) in [6, 6.07) is 13.7. The van der Waals surface area contributed by atoms with E-state index in [1.54, 1.807) is 6.26 Å². The van der Waals surface area contributed by atoms with Gasteiger partial charge in [-0.3, -0.25) is 9.89 Å². The first-order valence-corrected chi connectivity index (χ1v) is 8.20. The standard InChI is InChI=1S/C19H19N3O2/c1-13-17(14-7-3-2-4-8-14)20-21-18(13)19(23)22-11-5-9-15(22)16-10-6-12-24-16/h2-4,6-8,10,12,15H,5,9,11H2,1H3,(H,20,21)/t15-/m0/s1. The van der Waals surface area contributed by atoms with Gasteiger partial charge < -0.3 is 9.32 Å². The van der Waals surface area contributed by atoms with E-state index in [1.807, 2.05) is 54.3 Å². The molecular formula is C19H19N3O2. The van der Waals surface area contributed by atoms with E-state index in [9.17, 15) is 4.79 Å². The maximum Gasteiger partial charge on any atom is 0.272 e. The number of nitrogens with one attached hydrogen (secondary N) is 1. The van der Waals surface area contributed by atoms with E-state index < -0.39 is 0 Å². The molecule has 3 aromatic rings. The van der Waals surface area contributed by atoms with Crippen molar-refractivity contribution in [2.75, 3.05) is 6.54 Å². The van der Waals surface area contributed by atoms with Crippen molar-refractivity contribution >= 4 is 5.91 Å². The molecule has 4 rings (SSSR count). The van der Waals surface area contributed by atoms with Crippen molar-refractivity contribution in [3.05, 3.63) is 65.7 Å². The number of benzene rings is 1. The number of carbonyl (C=O) groups excluding carboxylic acids is 1. The van der Waals surface area contributed by atoms with Gasteiger partial charge >= 0.3 is 0 Å². The number of aromatic amines is 1. The monoisotopic (exact) mass is 321 g/mol. The van der Waals surface area contributed by atoms with E-state index in [2.05, 4.69) is 10.2 Å². The zero-order valence-electron chi connectivity index (χ0n) is 13.5. The van der Waals surface area contributed by atoms with Gasteiger partial charge in [0.25, 0.3) is 5.91 Å². The van der Waals surface area contributed by atoms with E-state index >= 15 is 0 Å². The topological polar surface area (TPSA) is 62.1 Å². The van der Waals surface area contributed by atoms with Crippen molar-refractivity contribution < 1.29 is 9.21 Å². The molecule has 1 fully saturated rings. The quantitative estimate of drug-likeness (QED) is 0.794. The third-order valence-corrected chi connectivity index (χ3v) is 4.66. The smallest absolute Gasteiger partial charge is 0.272 e. The highest BCUT2D eigenvalue weighted by Crippen LogP contribution is 2.34. The van der Waals surface area contributed by atoms with Crippen LogP contribution in [0.2, 0.25) is 0 Å². The Bertz CT molecular complexity index is 837. The molecule has 0 unspecified atom stereocenters. The van der Waals surface area contributed by atoms with Crippen LogP contribution < -0.4 is 0 Å². The molecule has 1 atom stereocenters. The Kier molecular flexibility index (Phi) is 3.69. The summed E-state index contributed by atoms with van der Waals surface area (Å²) in [5, 5.41) is 7.31. The highest BCUT2D eigenvalue weighted by Gasteiger charge is 2.34. The maximum absolute atomic E-state index is 13.0. The van der Waals surface area contributed by atoms with E-state index in [0.717, 1.165) is 42.0 Å². The van der Waals surface area contributed by atoms with Crippen molar-refractivity contribution in [3.63, 3.8) is 0 Å². The first-order chi connectivity index (χ1) is 11.8. The fourth-order valence-corrected chi connectivity index (χ4v) is 3.41. The number of furan rings is 1. The van der Waals surface area contributed by atoms with Gasteiger partial charge in [0.2, 0.25) is 0 Å². The molecule has 24 heavy (non-hydrogen) atoms. The lowest BCUT2D eigenvalue weighted by atomic mass is 10.1. The summed E-state index contributed by atoms with van der Waals surface area (Å²) in [7, 11) is 0. The summed E-state index contributed by atoms with van der Waals surface area (Å²) in [4.78, 5) is 14.9. The van der Waals surface area contributed by atoms with Crippen LogP contribution in [-0.2, 0) is 0 Å². The Morgan fingerprint density at radius 2 is 2.08 bits per heavy atom. The minimum Gasteiger partial charge on any atom is -0.467 e. The van der Waals surface area contributed by atoms with Gasteiger partial charge in [-0.05, 0) is 31.9 Å². The van der Waals surface area contributed by atoms with Crippen LogP contribution >= 0.6 is 0 Å². The van der Waals surface area contributed by atoms with E-state index in [0.29, 0.717) is 5.69 Å². The summed E-state index contributed by atoms with van der Waals surface area (Å²) in [6.07, 6.45) is 3.57. The second-order valence-electron chi connectivity index (χ2n) is 6.11. The van der Waals surface area contributed by atoms with Crippen LogP contribution in [0.5, 0.6) is 0 Å². The third-order valence-electron chi connectivity index (χ3n) is 4.66. The maximum atomic E-state index is 13.0. The molecule has 2 aromatic heterocycles. The molecule has 0 bridgehead atoms.